The van der Waals surface area contributed by atoms with Crippen LogP contribution >= 0.6 is 0 Å². The number of aliphatic hydroxyl groups excluding tert-OH is 1. The highest BCUT2D eigenvalue weighted by Crippen LogP contribution is 2.13. The maximum Gasteiger partial charge on any atom is 0.144 e. The molecule has 1 heterocycles. The number of nitrogens with zero attached hydrogens (tertiary/aromatic N) is 2. The van der Waals surface area contributed by atoms with Gasteiger partial charge in [-0.3, -0.25) is 0 Å². The van der Waals surface area contributed by atoms with Crippen molar-refractivity contribution < 1.29 is 5.11 Å². The van der Waals surface area contributed by atoms with Gasteiger partial charge in [-0.05, 0) is 19.4 Å². The third-order valence-corrected chi connectivity index (χ3v) is 1.88. The third kappa shape index (κ3) is 3.44. The first-order valence-electron chi connectivity index (χ1n) is 4.71. The fourth-order valence-corrected chi connectivity index (χ4v) is 1.11. The highest BCUT2D eigenvalue weighted by molar-refractivity contribution is 5.57. The molecule has 0 aliphatic rings. The number of nitrogens with one attached hydrogen (secondary N) is 1. The summed E-state index contributed by atoms with van der Waals surface area (Å²) in [7, 11) is 0. The van der Waals surface area contributed by atoms with E-state index in [-0.39, 0.29) is 6.10 Å². The number of rotatable bonds is 4. The van der Waals surface area contributed by atoms with Crippen LogP contribution < -0.4 is 11.1 Å². The van der Waals surface area contributed by atoms with E-state index in [4.69, 9.17) is 16.1 Å². The fourth-order valence-electron chi connectivity index (χ4n) is 1.11. The third-order valence-electron chi connectivity index (χ3n) is 1.88. The predicted molar refractivity (Wildman–Crippen MR) is 58.2 cm³/mol. The summed E-state index contributed by atoms with van der Waals surface area (Å²) in [5.41, 5.74) is 6.38. The molecule has 5 nitrogen and oxygen atoms in total. The van der Waals surface area contributed by atoms with E-state index in [1.54, 1.807) is 13.0 Å². The predicted octanol–water partition coefficient (Wildman–Crippen LogP) is 0.718. The van der Waals surface area contributed by atoms with Crippen molar-refractivity contribution >= 4 is 11.5 Å². The van der Waals surface area contributed by atoms with E-state index >= 15 is 0 Å². The lowest BCUT2D eigenvalue weighted by Gasteiger charge is -2.08. The summed E-state index contributed by atoms with van der Waals surface area (Å²) in [6.45, 7) is 2.28. The smallest absolute Gasteiger partial charge is 0.144 e. The highest BCUT2D eigenvalue weighted by atomic mass is 16.3. The van der Waals surface area contributed by atoms with Crippen molar-refractivity contribution in [3.8, 4) is 6.07 Å². The van der Waals surface area contributed by atoms with E-state index in [0.29, 0.717) is 30.0 Å². The molecule has 15 heavy (non-hydrogen) atoms. The largest absolute Gasteiger partial charge is 0.397 e. The number of nitrogens with two attached hydrogens (primary N) is 1. The van der Waals surface area contributed by atoms with Crippen molar-refractivity contribution in [1.29, 1.82) is 5.26 Å². The van der Waals surface area contributed by atoms with E-state index < -0.39 is 0 Å². The van der Waals surface area contributed by atoms with Crippen LogP contribution in [0.15, 0.2) is 12.3 Å². The minimum atomic E-state index is -0.364. The Morgan fingerprint density at radius 3 is 3.07 bits per heavy atom. The molecule has 0 fully saturated rings. The zero-order valence-corrected chi connectivity index (χ0v) is 8.57. The van der Waals surface area contributed by atoms with Gasteiger partial charge >= 0.3 is 0 Å². The van der Waals surface area contributed by atoms with Gasteiger partial charge in [0.2, 0.25) is 0 Å². The molecule has 0 amide bonds. The Hall–Kier alpha value is -1.80. The normalized spacial score (nSPS) is 11.8. The summed E-state index contributed by atoms with van der Waals surface area (Å²) < 4.78 is 0. The number of hydrogen-bond acceptors (Lipinski definition) is 5. The minimum absolute atomic E-state index is 0.364. The van der Waals surface area contributed by atoms with E-state index in [2.05, 4.69) is 10.3 Å². The zero-order chi connectivity index (χ0) is 11.3. The van der Waals surface area contributed by atoms with E-state index in [0.717, 1.165) is 0 Å². The topological polar surface area (TPSA) is 95.0 Å². The van der Waals surface area contributed by atoms with Crippen LogP contribution in [0.1, 0.15) is 18.9 Å². The first kappa shape index (κ1) is 11.3. The number of aliphatic hydroxyl groups is 1. The van der Waals surface area contributed by atoms with Crippen LogP contribution in [-0.2, 0) is 0 Å². The SMILES string of the molecule is CC(O)CCNc1ncc(N)cc1C#N. The lowest BCUT2D eigenvalue weighted by Crippen LogP contribution is -2.11. The monoisotopic (exact) mass is 206 g/mol. The van der Waals surface area contributed by atoms with Crippen molar-refractivity contribution in [2.24, 2.45) is 0 Å². The molecule has 5 heteroatoms. The zero-order valence-electron chi connectivity index (χ0n) is 8.57. The molecule has 0 saturated carbocycles. The van der Waals surface area contributed by atoms with Crippen LogP contribution in [-0.4, -0.2) is 22.7 Å². The molecule has 0 aliphatic heterocycles. The summed E-state index contributed by atoms with van der Waals surface area (Å²) in [5.74, 6) is 0.507. The lowest BCUT2D eigenvalue weighted by atomic mass is 10.2. The lowest BCUT2D eigenvalue weighted by molar-refractivity contribution is 0.188. The highest BCUT2D eigenvalue weighted by Gasteiger charge is 2.03. The fraction of sp³-hybridized carbons (Fsp3) is 0.400. The molecule has 1 atom stereocenters. The van der Waals surface area contributed by atoms with Gasteiger partial charge in [-0.25, -0.2) is 4.98 Å². The van der Waals surface area contributed by atoms with Crippen molar-refractivity contribution in [1.82, 2.24) is 4.98 Å². The quantitative estimate of drug-likeness (QED) is 0.674. The van der Waals surface area contributed by atoms with E-state index in [1.807, 2.05) is 6.07 Å². The number of anilines is 2. The summed E-state index contributed by atoms with van der Waals surface area (Å²) in [4.78, 5) is 4.01. The van der Waals surface area contributed by atoms with Crippen LogP contribution in [0.25, 0.3) is 0 Å². The van der Waals surface area contributed by atoms with Crippen LogP contribution in [0.2, 0.25) is 0 Å². The molecular weight excluding hydrogens is 192 g/mol. The molecule has 1 aromatic rings. The van der Waals surface area contributed by atoms with Gasteiger partial charge in [0.15, 0.2) is 0 Å². The molecule has 80 valence electrons. The first-order valence-corrected chi connectivity index (χ1v) is 4.71. The van der Waals surface area contributed by atoms with Crippen LogP contribution in [0.4, 0.5) is 11.5 Å². The van der Waals surface area contributed by atoms with Gasteiger partial charge in [0, 0.05) is 6.54 Å². The van der Waals surface area contributed by atoms with Crippen molar-refractivity contribution in [2.75, 3.05) is 17.6 Å². The molecule has 0 saturated heterocycles. The van der Waals surface area contributed by atoms with E-state index in [1.165, 1.54) is 6.20 Å². The van der Waals surface area contributed by atoms with Crippen LogP contribution in [0.5, 0.6) is 0 Å². The van der Waals surface area contributed by atoms with Gasteiger partial charge in [-0.1, -0.05) is 0 Å². The molecule has 0 radical (unpaired) electrons. The van der Waals surface area contributed by atoms with Crippen molar-refractivity contribution in [3.63, 3.8) is 0 Å². The second-order valence-electron chi connectivity index (χ2n) is 3.34. The Bertz CT molecular complexity index is 370. The average Bonchev–Trinajstić information content (AvgIpc) is 2.19. The summed E-state index contributed by atoms with van der Waals surface area (Å²) >= 11 is 0. The standard InChI is InChI=1S/C10H14N4O/c1-7(15)2-3-13-10-8(5-11)4-9(12)6-14-10/h4,6-7,15H,2-3,12H2,1H3,(H,13,14). The molecule has 1 aromatic heterocycles. The van der Waals surface area contributed by atoms with Gasteiger partial charge in [-0.15, -0.1) is 0 Å². The summed E-state index contributed by atoms with van der Waals surface area (Å²) in [6, 6.07) is 3.57. The van der Waals surface area contributed by atoms with Gasteiger partial charge in [0.1, 0.15) is 11.9 Å². The number of pyridine rings is 1. The molecule has 0 aliphatic carbocycles. The molecule has 1 unspecified atom stereocenters. The van der Waals surface area contributed by atoms with Gasteiger partial charge in [-0.2, -0.15) is 5.26 Å². The molecule has 0 bridgehead atoms. The van der Waals surface area contributed by atoms with Gasteiger partial charge in [0.05, 0.1) is 23.6 Å². The Kier molecular flexibility index (Phi) is 3.89. The Morgan fingerprint density at radius 2 is 2.47 bits per heavy atom. The summed E-state index contributed by atoms with van der Waals surface area (Å²) in [5, 5.41) is 20.8. The maximum atomic E-state index is 9.06. The number of hydrogen-bond donors (Lipinski definition) is 3. The number of nitriles is 1. The Balaban J connectivity index is 2.65. The summed E-state index contributed by atoms with van der Waals surface area (Å²) in [6.07, 6.45) is 1.74. The molecule has 4 N–H and O–H groups in total. The van der Waals surface area contributed by atoms with Gasteiger partial charge < -0.3 is 16.2 Å². The van der Waals surface area contributed by atoms with Crippen LogP contribution in [0.3, 0.4) is 0 Å². The second-order valence-corrected chi connectivity index (χ2v) is 3.34. The minimum Gasteiger partial charge on any atom is -0.397 e. The average molecular weight is 206 g/mol. The maximum absolute atomic E-state index is 9.06. The van der Waals surface area contributed by atoms with E-state index in [9.17, 15) is 0 Å². The molecule has 0 spiro atoms. The van der Waals surface area contributed by atoms with Gasteiger partial charge in [0.25, 0.3) is 0 Å². The van der Waals surface area contributed by atoms with Crippen LogP contribution in [0, 0.1) is 11.3 Å². The Labute approximate surface area is 88.6 Å². The van der Waals surface area contributed by atoms with Crippen molar-refractivity contribution in [3.05, 3.63) is 17.8 Å². The molecule has 1 rings (SSSR count). The number of aromatic nitrogens is 1. The molecule has 0 aromatic carbocycles. The second kappa shape index (κ2) is 5.17. The molecular formula is C10H14N4O. The van der Waals surface area contributed by atoms with Crippen molar-refractivity contribution in [2.45, 2.75) is 19.4 Å². The number of nitrogen functional groups attached to an aromatic ring is 1. The first-order chi connectivity index (χ1) is 7.13. The Morgan fingerprint density at radius 1 is 1.73 bits per heavy atom.